The average molecular weight is 364 g/mol. The van der Waals surface area contributed by atoms with Crippen LogP contribution in [0.3, 0.4) is 0 Å². The quantitative estimate of drug-likeness (QED) is 0.544. The maximum absolute atomic E-state index is 13.9. The molecule has 9 heteroatoms. The Hall–Kier alpha value is -2.94. The van der Waals surface area contributed by atoms with Gasteiger partial charge in [0, 0.05) is 0 Å². The molecule has 0 amide bonds. The molecule has 1 N–H and O–H groups in total. The van der Waals surface area contributed by atoms with Crippen LogP contribution in [0.15, 0.2) is 53.6 Å². The van der Waals surface area contributed by atoms with Gasteiger partial charge in [-0.15, -0.1) is 0 Å². The van der Waals surface area contributed by atoms with Gasteiger partial charge >= 0.3 is 6.61 Å². The number of nitrogens with one attached hydrogen (secondary N) is 1. The van der Waals surface area contributed by atoms with Gasteiger partial charge in [-0.25, -0.2) is 9.49 Å². The second kappa shape index (κ2) is 7.31. The second-order valence-electron chi connectivity index (χ2n) is 4.84. The topological polar surface area (TPSA) is 55.2 Å². The first kappa shape index (κ1) is 16.9. The highest BCUT2D eigenvalue weighted by Crippen LogP contribution is 2.20. The number of hydrogen-bond acceptors (Lipinski definition) is 4. The fourth-order valence-electron chi connectivity index (χ4n) is 2.08. The molecule has 0 bridgehead atoms. The van der Waals surface area contributed by atoms with E-state index in [1.54, 1.807) is 30.3 Å². The fraction of sp³-hybridized carbons (Fsp3) is 0.0625. The summed E-state index contributed by atoms with van der Waals surface area (Å²) in [4.78, 5) is 0. The fourth-order valence-corrected chi connectivity index (χ4v) is 2.25. The molecule has 1 heterocycles. The van der Waals surface area contributed by atoms with Crippen LogP contribution in [-0.2, 0) is 0 Å². The van der Waals surface area contributed by atoms with Crippen LogP contribution in [0.5, 0.6) is 5.75 Å². The Kier molecular flexibility index (Phi) is 4.94. The molecule has 0 aliphatic rings. The maximum Gasteiger partial charge on any atom is 0.387 e. The molecule has 0 radical (unpaired) electrons. The van der Waals surface area contributed by atoms with E-state index in [0.717, 1.165) is 0 Å². The van der Waals surface area contributed by atoms with E-state index in [4.69, 9.17) is 12.2 Å². The number of benzene rings is 2. The molecule has 128 valence electrons. The minimum atomic E-state index is -2.88. The molecule has 0 fully saturated rings. The van der Waals surface area contributed by atoms with Crippen molar-refractivity contribution >= 4 is 18.4 Å². The van der Waals surface area contributed by atoms with Gasteiger partial charge in [0.05, 0.1) is 11.8 Å². The molecule has 0 aliphatic heterocycles. The van der Waals surface area contributed by atoms with Gasteiger partial charge < -0.3 is 4.74 Å². The third-order valence-corrected chi connectivity index (χ3v) is 3.46. The molecule has 1 aromatic heterocycles. The molecule has 0 saturated heterocycles. The summed E-state index contributed by atoms with van der Waals surface area (Å²) < 4.78 is 43.9. The van der Waals surface area contributed by atoms with Gasteiger partial charge in [0.1, 0.15) is 11.6 Å². The summed E-state index contributed by atoms with van der Waals surface area (Å²) in [6, 6.07) is 12.0. The molecule has 3 rings (SSSR count). The Morgan fingerprint density at radius 3 is 2.56 bits per heavy atom. The summed E-state index contributed by atoms with van der Waals surface area (Å²) in [7, 11) is 0. The van der Waals surface area contributed by atoms with Crippen LogP contribution in [0, 0.1) is 10.6 Å². The first-order valence-corrected chi connectivity index (χ1v) is 7.47. The largest absolute Gasteiger partial charge is 0.435 e. The number of nitrogens with zero attached hydrogens (tertiary/aromatic N) is 3. The van der Waals surface area contributed by atoms with E-state index in [1.165, 1.54) is 29.1 Å². The van der Waals surface area contributed by atoms with Crippen molar-refractivity contribution < 1.29 is 17.9 Å². The van der Waals surface area contributed by atoms with Crippen molar-refractivity contribution in [2.75, 3.05) is 0 Å². The zero-order valence-electron chi connectivity index (χ0n) is 12.6. The van der Waals surface area contributed by atoms with E-state index in [1.807, 2.05) is 0 Å². The Balaban J connectivity index is 1.89. The molecular formula is C16H11F3N4OS. The smallest absolute Gasteiger partial charge is 0.387 e. The predicted octanol–water partition coefficient (Wildman–Crippen LogP) is 4.23. The first-order valence-electron chi connectivity index (χ1n) is 7.06. The number of alkyl halides is 2. The van der Waals surface area contributed by atoms with Crippen LogP contribution in [0.4, 0.5) is 13.2 Å². The Bertz CT molecular complexity index is 951. The van der Waals surface area contributed by atoms with Gasteiger partial charge in [-0.1, -0.05) is 12.1 Å². The summed E-state index contributed by atoms with van der Waals surface area (Å²) in [5.41, 5.74) is 0.858. The standard InChI is InChI=1S/C16H11F3N4OS/c17-13-4-2-1-3-12(13)14-21-22-16(25)23(14)20-9-10-5-7-11(8-6-10)24-15(18)19/h1-9,15H,(H,22,25)/b20-9-. The molecule has 25 heavy (non-hydrogen) atoms. The van der Waals surface area contributed by atoms with Crippen LogP contribution < -0.4 is 4.74 Å². The van der Waals surface area contributed by atoms with Crippen molar-refractivity contribution in [1.82, 2.24) is 14.9 Å². The van der Waals surface area contributed by atoms with Crippen LogP contribution in [0.25, 0.3) is 11.4 Å². The number of aromatic nitrogens is 3. The number of rotatable bonds is 5. The van der Waals surface area contributed by atoms with E-state index >= 15 is 0 Å². The summed E-state index contributed by atoms with van der Waals surface area (Å²) in [6.07, 6.45) is 1.45. The summed E-state index contributed by atoms with van der Waals surface area (Å²) >= 11 is 5.11. The average Bonchev–Trinajstić information content (AvgIpc) is 2.95. The molecule has 0 spiro atoms. The van der Waals surface area contributed by atoms with Crippen LogP contribution in [-0.4, -0.2) is 27.7 Å². The minimum absolute atomic E-state index is 0.0409. The van der Waals surface area contributed by atoms with Gasteiger partial charge in [0.15, 0.2) is 5.82 Å². The molecular weight excluding hydrogens is 353 g/mol. The normalized spacial score (nSPS) is 11.4. The van der Waals surface area contributed by atoms with Crippen LogP contribution >= 0.6 is 12.2 Å². The molecule has 0 unspecified atom stereocenters. The van der Waals surface area contributed by atoms with E-state index in [-0.39, 0.29) is 21.9 Å². The highest BCUT2D eigenvalue weighted by Gasteiger charge is 2.12. The zero-order chi connectivity index (χ0) is 17.8. The molecule has 0 aliphatic carbocycles. The maximum atomic E-state index is 13.9. The van der Waals surface area contributed by atoms with E-state index < -0.39 is 12.4 Å². The van der Waals surface area contributed by atoms with Crippen LogP contribution in [0.1, 0.15) is 5.56 Å². The lowest BCUT2D eigenvalue weighted by Crippen LogP contribution is -2.01. The lowest BCUT2D eigenvalue weighted by Gasteiger charge is -2.04. The molecule has 2 aromatic carbocycles. The van der Waals surface area contributed by atoms with Gasteiger partial charge in [0.2, 0.25) is 4.77 Å². The third kappa shape index (κ3) is 3.94. The molecule has 3 aromatic rings. The monoisotopic (exact) mass is 364 g/mol. The lowest BCUT2D eigenvalue weighted by molar-refractivity contribution is -0.0498. The molecule has 0 atom stereocenters. The number of hydrogen-bond donors (Lipinski definition) is 1. The lowest BCUT2D eigenvalue weighted by atomic mass is 10.2. The molecule has 5 nitrogen and oxygen atoms in total. The van der Waals surface area contributed by atoms with Gasteiger partial charge in [-0.3, -0.25) is 0 Å². The number of halogens is 3. The Morgan fingerprint density at radius 1 is 1.16 bits per heavy atom. The van der Waals surface area contributed by atoms with Crippen molar-refractivity contribution in [2.24, 2.45) is 5.10 Å². The summed E-state index contributed by atoms with van der Waals surface area (Å²) in [5, 5.41) is 10.7. The summed E-state index contributed by atoms with van der Waals surface area (Å²) in [6.45, 7) is -2.88. The Labute approximate surface area is 145 Å². The van der Waals surface area contributed by atoms with Crippen molar-refractivity contribution in [3.63, 3.8) is 0 Å². The van der Waals surface area contributed by atoms with Gasteiger partial charge in [0.25, 0.3) is 0 Å². The predicted molar refractivity (Wildman–Crippen MR) is 88.9 cm³/mol. The van der Waals surface area contributed by atoms with Crippen molar-refractivity contribution in [1.29, 1.82) is 0 Å². The highest BCUT2D eigenvalue weighted by molar-refractivity contribution is 7.71. The number of aromatic amines is 1. The first-order chi connectivity index (χ1) is 12.0. The number of H-pyrrole nitrogens is 1. The SMILES string of the molecule is Fc1ccccc1-c1n[nH]c(=S)n1/N=C\c1ccc(OC(F)F)cc1. The van der Waals surface area contributed by atoms with Gasteiger partial charge in [-0.2, -0.15) is 23.7 Å². The van der Waals surface area contributed by atoms with Crippen LogP contribution in [0.2, 0.25) is 0 Å². The highest BCUT2D eigenvalue weighted by atomic mass is 32.1. The van der Waals surface area contributed by atoms with E-state index in [9.17, 15) is 13.2 Å². The third-order valence-electron chi connectivity index (χ3n) is 3.19. The Morgan fingerprint density at radius 2 is 1.88 bits per heavy atom. The zero-order valence-corrected chi connectivity index (χ0v) is 13.4. The van der Waals surface area contributed by atoms with Crippen molar-refractivity contribution in [2.45, 2.75) is 6.61 Å². The van der Waals surface area contributed by atoms with E-state index in [0.29, 0.717) is 5.56 Å². The van der Waals surface area contributed by atoms with E-state index in [2.05, 4.69) is 20.0 Å². The minimum Gasteiger partial charge on any atom is -0.435 e. The second-order valence-corrected chi connectivity index (χ2v) is 5.22. The van der Waals surface area contributed by atoms with Gasteiger partial charge in [-0.05, 0) is 54.2 Å². The van der Waals surface area contributed by atoms with Crippen molar-refractivity contribution in [3.05, 3.63) is 64.7 Å². The molecule has 0 saturated carbocycles. The summed E-state index contributed by atoms with van der Waals surface area (Å²) in [5.74, 6) is -0.197. The van der Waals surface area contributed by atoms with Crippen molar-refractivity contribution in [3.8, 4) is 17.1 Å². The number of ether oxygens (including phenoxy) is 1.